The van der Waals surface area contributed by atoms with Crippen LogP contribution >= 0.6 is 0 Å². The Labute approximate surface area is 168 Å². The van der Waals surface area contributed by atoms with Gasteiger partial charge in [0.1, 0.15) is 12.2 Å². The number of allylic oxidation sites excluding steroid dienone is 3. The standard InChI is InChI=1S/C23H34O5/c1-4-15(3)23(26)28-20-11-14(2)10-17-7-5-6-16(22(17)20)8-9-19-12-18(24)13-21(25)27-19/h5,7,10,14-16,18-20,22,24H,4,6,8-9,11-13H2,1-3H3/t14-,15-,16+,18+,19+,20-,22+/m0/s1. The summed E-state index contributed by atoms with van der Waals surface area (Å²) in [6.45, 7) is 6.10. The van der Waals surface area contributed by atoms with Crippen molar-refractivity contribution in [2.45, 2.75) is 84.0 Å². The van der Waals surface area contributed by atoms with Crippen molar-refractivity contribution in [2.24, 2.45) is 23.7 Å². The smallest absolute Gasteiger partial charge is 0.308 e. The van der Waals surface area contributed by atoms with E-state index in [9.17, 15) is 14.7 Å². The van der Waals surface area contributed by atoms with Crippen molar-refractivity contribution in [3.8, 4) is 0 Å². The van der Waals surface area contributed by atoms with Crippen LogP contribution in [0, 0.1) is 23.7 Å². The molecule has 0 unspecified atom stereocenters. The molecule has 1 saturated heterocycles. The van der Waals surface area contributed by atoms with Crippen molar-refractivity contribution >= 4 is 11.9 Å². The molecule has 0 spiro atoms. The second-order valence-corrected chi connectivity index (χ2v) is 8.87. The molecule has 0 aromatic rings. The molecule has 1 aliphatic heterocycles. The summed E-state index contributed by atoms with van der Waals surface area (Å²) in [4.78, 5) is 24.1. The van der Waals surface area contributed by atoms with Gasteiger partial charge >= 0.3 is 11.9 Å². The summed E-state index contributed by atoms with van der Waals surface area (Å²) in [6.07, 6.45) is 10.7. The third-order valence-electron chi connectivity index (χ3n) is 6.50. The topological polar surface area (TPSA) is 72.8 Å². The number of ether oxygens (including phenoxy) is 2. The van der Waals surface area contributed by atoms with Crippen LogP contribution in [0.5, 0.6) is 0 Å². The molecule has 1 N–H and O–H groups in total. The number of carbonyl (C=O) groups is 2. The van der Waals surface area contributed by atoms with Gasteiger partial charge in [0, 0.05) is 12.3 Å². The van der Waals surface area contributed by atoms with E-state index in [0.29, 0.717) is 18.3 Å². The van der Waals surface area contributed by atoms with Crippen molar-refractivity contribution < 1.29 is 24.2 Å². The van der Waals surface area contributed by atoms with Gasteiger partial charge in [0.2, 0.25) is 0 Å². The lowest BCUT2D eigenvalue weighted by molar-refractivity contribution is -0.162. The molecule has 3 aliphatic rings. The van der Waals surface area contributed by atoms with E-state index in [-0.39, 0.29) is 42.4 Å². The van der Waals surface area contributed by atoms with Gasteiger partial charge in [-0.3, -0.25) is 9.59 Å². The number of hydrogen-bond donors (Lipinski definition) is 1. The fraction of sp³-hybridized carbons (Fsp3) is 0.739. The largest absolute Gasteiger partial charge is 0.462 e. The van der Waals surface area contributed by atoms with E-state index in [4.69, 9.17) is 9.47 Å². The summed E-state index contributed by atoms with van der Waals surface area (Å²) in [7, 11) is 0. The zero-order chi connectivity index (χ0) is 20.3. The lowest BCUT2D eigenvalue weighted by Gasteiger charge is -2.41. The first-order chi connectivity index (χ1) is 13.4. The third kappa shape index (κ3) is 5.05. The SMILES string of the molecule is CC[C@H](C)C(=O)O[C@H]1C[C@@H](C)C=C2C=CC[C@H](CC[C@@H]3C[C@@H](O)CC(=O)O3)[C@H]21. The van der Waals surface area contributed by atoms with E-state index >= 15 is 0 Å². The van der Waals surface area contributed by atoms with E-state index < -0.39 is 6.10 Å². The van der Waals surface area contributed by atoms with Crippen LogP contribution in [0.3, 0.4) is 0 Å². The molecule has 2 aliphatic carbocycles. The van der Waals surface area contributed by atoms with Crippen molar-refractivity contribution in [1.82, 2.24) is 0 Å². The molecule has 5 heteroatoms. The number of aliphatic hydroxyl groups is 1. The molecule has 156 valence electrons. The van der Waals surface area contributed by atoms with Crippen LogP contribution in [-0.2, 0) is 19.1 Å². The summed E-state index contributed by atoms with van der Waals surface area (Å²) in [5, 5.41) is 9.84. The molecular formula is C23H34O5. The molecule has 7 atom stereocenters. The van der Waals surface area contributed by atoms with Crippen molar-refractivity contribution in [1.29, 1.82) is 0 Å². The van der Waals surface area contributed by atoms with E-state index in [1.54, 1.807) is 0 Å². The zero-order valence-corrected chi connectivity index (χ0v) is 17.3. The normalized spacial score (nSPS) is 36.1. The highest BCUT2D eigenvalue weighted by Gasteiger charge is 2.40. The van der Waals surface area contributed by atoms with Crippen LogP contribution in [0.15, 0.2) is 23.8 Å². The predicted molar refractivity (Wildman–Crippen MR) is 106 cm³/mol. The van der Waals surface area contributed by atoms with E-state index in [1.807, 2.05) is 13.8 Å². The monoisotopic (exact) mass is 390 g/mol. The molecule has 28 heavy (non-hydrogen) atoms. The first-order valence-electron chi connectivity index (χ1n) is 10.8. The minimum absolute atomic E-state index is 0.0783. The van der Waals surface area contributed by atoms with Crippen molar-refractivity contribution in [3.63, 3.8) is 0 Å². The molecule has 3 rings (SSSR count). The fourth-order valence-corrected chi connectivity index (χ4v) is 4.79. The highest BCUT2D eigenvalue weighted by molar-refractivity contribution is 5.72. The Morgan fingerprint density at radius 3 is 2.86 bits per heavy atom. The number of esters is 2. The molecule has 0 aromatic carbocycles. The molecule has 5 nitrogen and oxygen atoms in total. The third-order valence-corrected chi connectivity index (χ3v) is 6.50. The maximum atomic E-state index is 12.5. The van der Waals surface area contributed by atoms with Crippen molar-refractivity contribution in [3.05, 3.63) is 23.8 Å². The molecule has 0 amide bonds. The van der Waals surface area contributed by atoms with Gasteiger partial charge < -0.3 is 14.6 Å². The Kier molecular flexibility index (Phi) is 6.97. The van der Waals surface area contributed by atoms with Crippen LogP contribution < -0.4 is 0 Å². The van der Waals surface area contributed by atoms with Gasteiger partial charge in [0.25, 0.3) is 0 Å². The van der Waals surface area contributed by atoms with E-state index in [2.05, 4.69) is 25.2 Å². The number of hydrogen-bond acceptors (Lipinski definition) is 5. The Morgan fingerprint density at radius 2 is 2.14 bits per heavy atom. The Balaban J connectivity index is 1.68. The summed E-state index contributed by atoms with van der Waals surface area (Å²) in [6, 6.07) is 0. The van der Waals surface area contributed by atoms with Gasteiger partial charge in [0.05, 0.1) is 18.4 Å². The predicted octanol–water partition coefficient (Wildman–Crippen LogP) is 3.95. The molecule has 1 heterocycles. The average molecular weight is 391 g/mol. The average Bonchev–Trinajstić information content (AvgIpc) is 2.64. The van der Waals surface area contributed by atoms with E-state index in [1.165, 1.54) is 5.57 Å². The highest BCUT2D eigenvalue weighted by atomic mass is 16.5. The van der Waals surface area contributed by atoms with Crippen LogP contribution in [0.2, 0.25) is 0 Å². The second-order valence-electron chi connectivity index (χ2n) is 8.87. The number of aliphatic hydroxyl groups excluding tert-OH is 1. The molecular weight excluding hydrogens is 356 g/mol. The highest BCUT2D eigenvalue weighted by Crippen LogP contribution is 2.43. The quantitative estimate of drug-likeness (QED) is 0.695. The molecule has 0 bridgehead atoms. The number of cyclic esters (lactones) is 1. The van der Waals surface area contributed by atoms with Crippen LogP contribution in [0.25, 0.3) is 0 Å². The number of rotatable bonds is 6. The zero-order valence-electron chi connectivity index (χ0n) is 17.3. The van der Waals surface area contributed by atoms with Gasteiger partial charge in [0.15, 0.2) is 0 Å². The van der Waals surface area contributed by atoms with Gasteiger partial charge in [-0.2, -0.15) is 0 Å². The molecule has 1 fully saturated rings. The number of fused-ring (bicyclic) bond motifs is 1. The summed E-state index contributed by atoms with van der Waals surface area (Å²) in [5.74, 6) is 0.470. The van der Waals surface area contributed by atoms with Crippen molar-refractivity contribution in [2.75, 3.05) is 0 Å². The van der Waals surface area contributed by atoms with Crippen LogP contribution in [0.4, 0.5) is 0 Å². The Bertz CT molecular complexity index is 637. The Hall–Kier alpha value is -1.62. The summed E-state index contributed by atoms with van der Waals surface area (Å²) in [5.41, 5.74) is 1.28. The maximum Gasteiger partial charge on any atom is 0.308 e. The van der Waals surface area contributed by atoms with Gasteiger partial charge in [-0.15, -0.1) is 0 Å². The summed E-state index contributed by atoms with van der Waals surface area (Å²) >= 11 is 0. The minimum Gasteiger partial charge on any atom is -0.462 e. The van der Waals surface area contributed by atoms with Crippen LogP contribution in [0.1, 0.15) is 65.7 Å². The van der Waals surface area contributed by atoms with E-state index in [0.717, 1.165) is 32.1 Å². The van der Waals surface area contributed by atoms with Gasteiger partial charge in [-0.05, 0) is 49.5 Å². The van der Waals surface area contributed by atoms with Crippen LogP contribution in [-0.4, -0.2) is 35.4 Å². The first-order valence-corrected chi connectivity index (χ1v) is 10.8. The lowest BCUT2D eigenvalue weighted by atomic mass is 9.68. The molecule has 0 aromatic heterocycles. The lowest BCUT2D eigenvalue weighted by Crippen LogP contribution is -2.40. The molecule has 0 saturated carbocycles. The number of carbonyl (C=O) groups excluding carboxylic acids is 2. The second kappa shape index (κ2) is 9.25. The summed E-state index contributed by atoms with van der Waals surface area (Å²) < 4.78 is 11.4. The fourth-order valence-electron chi connectivity index (χ4n) is 4.79. The molecule has 0 radical (unpaired) electrons. The maximum absolute atomic E-state index is 12.5. The minimum atomic E-state index is -0.590. The first kappa shape index (κ1) is 21.1. The Morgan fingerprint density at radius 1 is 1.36 bits per heavy atom. The van der Waals surface area contributed by atoms with Gasteiger partial charge in [-0.25, -0.2) is 0 Å². The van der Waals surface area contributed by atoms with Gasteiger partial charge in [-0.1, -0.05) is 39.0 Å².